The van der Waals surface area contributed by atoms with Crippen LogP contribution in [0.5, 0.6) is 0 Å². The lowest BCUT2D eigenvalue weighted by atomic mass is 10.1. The van der Waals surface area contributed by atoms with Crippen LogP contribution in [0.1, 0.15) is 41.4 Å². The second-order valence-electron chi connectivity index (χ2n) is 5.22. The largest absolute Gasteiger partial charge is 0.465 e. The molecule has 23 heavy (non-hydrogen) atoms. The number of amides is 1. The summed E-state index contributed by atoms with van der Waals surface area (Å²) in [5.74, 6) is -0.212. The predicted octanol–water partition coefficient (Wildman–Crippen LogP) is 3.88. The van der Waals surface area contributed by atoms with Gasteiger partial charge in [0.05, 0.1) is 12.6 Å². The molecular weight excluding hydrogens is 288 g/mol. The van der Waals surface area contributed by atoms with E-state index in [9.17, 15) is 4.79 Å². The Bertz CT molecular complexity index is 681. The van der Waals surface area contributed by atoms with Gasteiger partial charge in [-0.15, -0.1) is 0 Å². The highest BCUT2D eigenvalue weighted by Gasteiger charge is 2.13. The third-order valence-corrected chi connectivity index (χ3v) is 3.48. The summed E-state index contributed by atoms with van der Waals surface area (Å²) in [5.41, 5.74) is 2.60. The van der Waals surface area contributed by atoms with Gasteiger partial charge in [-0.25, -0.2) is 4.99 Å². The summed E-state index contributed by atoms with van der Waals surface area (Å²) < 4.78 is 5.48. The molecule has 0 aliphatic rings. The van der Waals surface area contributed by atoms with Gasteiger partial charge < -0.3 is 4.74 Å². The third-order valence-electron chi connectivity index (χ3n) is 3.48. The second-order valence-corrected chi connectivity index (χ2v) is 5.22. The van der Waals surface area contributed by atoms with Crippen molar-refractivity contribution in [3.8, 4) is 0 Å². The van der Waals surface area contributed by atoms with E-state index in [1.165, 1.54) is 0 Å². The molecule has 0 saturated carbocycles. The Morgan fingerprint density at radius 3 is 2.43 bits per heavy atom. The van der Waals surface area contributed by atoms with Crippen molar-refractivity contribution in [3.05, 3.63) is 71.3 Å². The predicted molar refractivity (Wildman–Crippen MR) is 92.6 cm³/mol. The zero-order valence-corrected chi connectivity index (χ0v) is 13.7. The minimum atomic E-state index is -0.212. The Hall–Kier alpha value is -2.62. The maximum atomic E-state index is 12.4. The van der Waals surface area contributed by atoms with E-state index in [-0.39, 0.29) is 18.0 Å². The van der Waals surface area contributed by atoms with E-state index in [1.54, 1.807) is 6.07 Å². The molecule has 2 aromatic carbocycles. The summed E-state index contributed by atoms with van der Waals surface area (Å²) in [5, 5.41) is 2.76. The molecular formula is C19H22N2O2. The lowest BCUT2D eigenvalue weighted by Crippen LogP contribution is -2.33. The summed E-state index contributed by atoms with van der Waals surface area (Å²) >= 11 is 0. The first-order valence-electron chi connectivity index (χ1n) is 7.74. The fourth-order valence-corrected chi connectivity index (χ4v) is 2.22. The Morgan fingerprint density at radius 2 is 1.78 bits per heavy atom. The van der Waals surface area contributed by atoms with E-state index in [2.05, 4.69) is 10.3 Å². The number of hydrogen-bond acceptors (Lipinski definition) is 3. The van der Waals surface area contributed by atoms with Crippen LogP contribution in [-0.4, -0.2) is 18.5 Å². The van der Waals surface area contributed by atoms with E-state index in [4.69, 9.17) is 4.74 Å². The Labute approximate surface area is 137 Å². The van der Waals surface area contributed by atoms with Gasteiger partial charge in [0.15, 0.2) is 0 Å². The van der Waals surface area contributed by atoms with Gasteiger partial charge in [0.1, 0.15) is 0 Å². The molecule has 0 radical (unpaired) electrons. The molecule has 0 saturated heterocycles. The molecule has 1 atom stereocenters. The number of rotatable bonds is 4. The molecule has 4 heteroatoms. The Balaban J connectivity index is 2.17. The van der Waals surface area contributed by atoms with Crippen LogP contribution in [0.15, 0.2) is 59.6 Å². The van der Waals surface area contributed by atoms with Gasteiger partial charge in [0.2, 0.25) is 0 Å². The molecule has 1 amide bonds. The molecule has 0 heterocycles. The van der Waals surface area contributed by atoms with Crippen molar-refractivity contribution in [3.63, 3.8) is 0 Å². The number of nitrogens with one attached hydrogen (secondary N) is 1. The Kier molecular flexibility index (Phi) is 5.92. The minimum Gasteiger partial charge on any atom is -0.465 e. The number of amidine groups is 1. The third kappa shape index (κ3) is 4.68. The Morgan fingerprint density at radius 1 is 1.13 bits per heavy atom. The summed E-state index contributed by atoms with van der Waals surface area (Å²) in [6.45, 7) is 6.17. The number of benzene rings is 2. The van der Waals surface area contributed by atoms with Gasteiger partial charge in [0, 0.05) is 5.56 Å². The zero-order valence-electron chi connectivity index (χ0n) is 13.7. The molecule has 0 aliphatic heterocycles. The van der Waals surface area contributed by atoms with Gasteiger partial charge in [-0.05, 0) is 38.0 Å². The van der Waals surface area contributed by atoms with Crippen LogP contribution in [0.4, 0.5) is 0 Å². The van der Waals surface area contributed by atoms with Crippen molar-refractivity contribution in [2.75, 3.05) is 6.61 Å². The molecule has 0 bridgehead atoms. The lowest BCUT2D eigenvalue weighted by Gasteiger charge is -2.13. The van der Waals surface area contributed by atoms with Gasteiger partial charge >= 0.3 is 0 Å². The van der Waals surface area contributed by atoms with Crippen molar-refractivity contribution in [1.29, 1.82) is 0 Å². The SMILES string of the molecule is CCOC(=N[C@@H](C)c1ccccc1)NC(=O)c1ccccc1C. The first-order chi connectivity index (χ1) is 11.1. The summed E-state index contributed by atoms with van der Waals surface area (Å²) in [7, 11) is 0. The average Bonchev–Trinajstić information content (AvgIpc) is 2.56. The van der Waals surface area contributed by atoms with E-state index >= 15 is 0 Å². The summed E-state index contributed by atoms with van der Waals surface area (Å²) in [6.07, 6.45) is 0. The summed E-state index contributed by atoms with van der Waals surface area (Å²) in [6, 6.07) is 17.5. The number of hydrogen-bond donors (Lipinski definition) is 1. The van der Waals surface area contributed by atoms with E-state index in [0.29, 0.717) is 12.2 Å². The molecule has 120 valence electrons. The molecule has 0 fully saturated rings. The number of carbonyl (C=O) groups excluding carboxylic acids is 1. The monoisotopic (exact) mass is 310 g/mol. The topological polar surface area (TPSA) is 50.7 Å². The van der Waals surface area contributed by atoms with Crippen molar-refractivity contribution in [2.45, 2.75) is 26.8 Å². The first-order valence-corrected chi connectivity index (χ1v) is 7.74. The first kappa shape index (κ1) is 16.7. The quantitative estimate of drug-likeness (QED) is 0.688. The maximum absolute atomic E-state index is 12.4. The van der Waals surface area contributed by atoms with Crippen LogP contribution in [0.25, 0.3) is 0 Å². The zero-order chi connectivity index (χ0) is 16.7. The van der Waals surface area contributed by atoms with Gasteiger partial charge in [-0.3, -0.25) is 10.1 Å². The van der Waals surface area contributed by atoms with Crippen LogP contribution in [0.2, 0.25) is 0 Å². The van der Waals surface area contributed by atoms with Crippen LogP contribution in [0, 0.1) is 6.92 Å². The number of aryl methyl sites for hydroxylation is 1. The molecule has 2 aromatic rings. The standard InChI is InChI=1S/C19H22N2O2/c1-4-23-19(20-15(3)16-11-6-5-7-12-16)21-18(22)17-13-9-8-10-14(17)2/h5-13,15H,4H2,1-3H3,(H,20,21,22)/t15-/m0/s1. The molecule has 4 nitrogen and oxygen atoms in total. The van der Waals surface area contributed by atoms with Crippen LogP contribution in [0.3, 0.4) is 0 Å². The highest BCUT2D eigenvalue weighted by molar-refractivity contribution is 6.04. The summed E-state index contributed by atoms with van der Waals surface area (Å²) in [4.78, 5) is 16.9. The fourth-order valence-electron chi connectivity index (χ4n) is 2.22. The van der Waals surface area contributed by atoms with Crippen molar-refractivity contribution < 1.29 is 9.53 Å². The second kappa shape index (κ2) is 8.13. The van der Waals surface area contributed by atoms with Crippen LogP contribution in [-0.2, 0) is 4.74 Å². The number of aliphatic imine (C=N–C) groups is 1. The van der Waals surface area contributed by atoms with E-state index < -0.39 is 0 Å². The molecule has 2 rings (SSSR count). The average molecular weight is 310 g/mol. The van der Waals surface area contributed by atoms with Crippen LogP contribution >= 0.6 is 0 Å². The molecule has 0 aromatic heterocycles. The normalized spacial score (nSPS) is 12.6. The number of carbonyl (C=O) groups is 1. The lowest BCUT2D eigenvalue weighted by molar-refractivity contribution is 0.0965. The fraction of sp³-hybridized carbons (Fsp3) is 0.263. The highest BCUT2D eigenvalue weighted by atomic mass is 16.5. The van der Waals surface area contributed by atoms with E-state index in [0.717, 1.165) is 11.1 Å². The van der Waals surface area contributed by atoms with Gasteiger partial charge in [-0.1, -0.05) is 48.5 Å². The van der Waals surface area contributed by atoms with Crippen molar-refractivity contribution in [2.24, 2.45) is 4.99 Å². The number of ether oxygens (including phenoxy) is 1. The van der Waals surface area contributed by atoms with Gasteiger partial charge in [-0.2, -0.15) is 0 Å². The van der Waals surface area contributed by atoms with Crippen molar-refractivity contribution in [1.82, 2.24) is 5.32 Å². The molecule has 0 aliphatic carbocycles. The van der Waals surface area contributed by atoms with Crippen LogP contribution < -0.4 is 5.32 Å². The smallest absolute Gasteiger partial charge is 0.292 e. The van der Waals surface area contributed by atoms with Crippen molar-refractivity contribution >= 4 is 11.9 Å². The van der Waals surface area contributed by atoms with Gasteiger partial charge in [0.25, 0.3) is 11.9 Å². The highest BCUT2D eigenvalue weighted by Crippen LogP contribution is 2.16. The molecule has 0 unspecified atom stereocenters. The molecule has 0 spiro atoms. The van der Waals surface area contributed by atoms with E-state index in [1.807, 2.05) is 69.3 Å². The number of nitrogens with zero attached hydrogens (tertiary/aromatic N) is 1. The molecule has 1 N–H and O–H groups in total. The maximum Gasteiger partial charge on any atom is 0.292 e. The minimum absolute atomic E-state index is 0.102.